The highest BCUT2D eigenvalue weighted by molar-refractivity contribution is 5.80. The molecular formula is C12H18N2O2. The Morgan fingerprint density at radius 3 is 2.62 bits per heavy atom. The zero-order valence-electron chi connectivity index (χ0n) is 10.2. The lowest BCUT2D eigenvalue weighted by Gasteiger charge is -2.09. The Hall–Kier alpha value is -1.71. The number of hydrogen-bond acceptors (Lipinski definition) is 4. The van der Waals surface area contributed by atoms with E-state index in [1.807, 2.05) is 39.2 Å². The van der Waals surface area contributed by atoms with Crippen LogP contribution in [0, 0.1) is 0 Å². The van der Waals surface area contributed by atoms with Crippen LogP contribution in [0.4, 0.5) is 0 Å². The van der Waals surface area contributed by atoms with Gasteiger partial charge in [0.15, 0.2) is 11.5 Å². The molecule has 0 bridgehead atoms. The second kappa shape index (κ2) is 6.00. The van der Waals surface area contributed by atoms with Gasteiger partial charge in [-0.2, -0.15) is 5.10 Å². The van der Waals surface area contributed by atoms with Crippen molar-refractivity contribution in [1.29, 1.82) is 0 Å². The van der Waals surface area contributed by atoms with E-state index in [4.69, 9.17) is 9.47 Å². The summed E-state index contributed by atoms with van der Waals surface area (Å²) in [5.41, 5.74) is 0.981. The van der Waals surface area contributed by atoms with Gasteiger partial charge in [-0.25, -0.2) is 0 Å². The number of hydrogen-bond donors (Lipinski definition) is 0. The molecule has 16 heavy (non-hydrogen) atoms. The summed E-state index contributed by atoms with van der Waals surface area (Å²) >= 11 is 0. The average molecular weight is 222 g/mol. The summed E-state index contributed by atoms with van der Waals surface area (Å²) in [7, 11) is 5.38. The van der Waals surface area contributed by atoms with Crippen LogP contribution in [0.3, 0.4) is 0 Å². The van der Waals surface area contributed by atoms with Crippen LogP contribution in [-0.4, -0.2) is 39.0 Å². The molecule has 1 aromatic rings. The van der Waals surface area contributed by atoms with Crippen molar-refractivity contribution in [3.05, 3.63) is 23.8 Å². The Balaban J connectivity index is 2.90. The lowest BCUT2D eigenvalue weighted by Crippen LogP contribution is -2.02. The number of hydrazone groups is 1. The first-order chi connectivity index (χ1) is 7.67. The van der Waals surface area contributed by atoms with Crippen LogP contribution in [0.1, 0.15) is 12.5 Å². The van der Waals surface area contributed by atoms with Gasteiger partial charge < -0.3 is 14.5 Å². The zero-order chi connectivity index (χ0) is 12.0. The molecule has 0 heterocycles. The lowest BCUT2D eigenvalue weighted by atomic mass is 10.2. The minimum atomic E-state index is 0.626. The van der Waals surface area contributed by atoms with Crippen LogP contribution >= 0.6 is 0 Å². The van der Waals surface area contributed by atoms with E-state index < -0.39 is 0 Å². The fourth-order valence-electron chi connectivity index (χ4n) is 1.22. The fourth-order valence-corrected chi connectivity index (χ4v) is 1.22. The molecule has 0 fully saturated rings. The maximum absolute atomic E-state index is 5.43. The van der Waals surface area contributed by atoms with E-state index in [0.717, 1.165) is 17.1 Å². The minimum Gasteiger partial charge on any atom is -0.493 e. The van der Waals surface area contributed by atoms with Crippen molar-refractivity contribution in [2.75, 3.05) is 27.8 Å². The monoisotopic (exact) mass is 222 g/mol. The molecule has 0 saturated carbocycles. The predicted molar refractivity (Wildman–Crippen MR) is 65.4 cm³/mol. The van der Waals surface area contributed by atoms with Crippen molar-refractivity contribution in [3.63, 3.8) is 0 Å². The highest BCUT2D eigenvalue weighted by atomic mass is 16.5. The first-order valence-electron chi connectivity index (χ1n) is 5.19. The van der Waals surface area contributed by atoms with E-state index in [1.165, 1.54) is 0 Å². The molecule has 0 saturated heterocycles. The van der Waals surface area contributed by atoms with E-state index in [-0.39, 0.29) is 0 Å². The molecule has 1 aromatic carbocycles. The summed E-state index contributed by atoms with van der Waals surface area (Å²) < 4.78 is 10.7. The van der Waals surface area contributed by atoms with Crippen LogP contribution in [-0.2, 0) is 0 Å². The normalized spacial score (nSPS) is 10.5. The van der Waals surface area contributed by atoms with Gasteiger partial charge in [0.1, 0.15) is 0 Å². The first-order valence-corrected chi connectivity index (χ1v) is 5.19. The maximum Gasteiger partial charge on any atom is 0.161 e. The van der Waals surface area contributed by atoms with Gasteiger partial charge in [-0.15, -0.1) is 0 Å². The number of methoxy groups -OCH3 is 1. The molecule has 88 valence electrons. The summed E-state index contributed by atoms with van der Waals surface area (Å²) in [5, 5.41) is 5.90. The van der Waals surface area contributed by atoms with Gasteiger partial charge in [0, 0.05) is 14.1 Å². The molecule has 0 radical (unpaired) electrons. The number of nitrogens with zero attached hydrogens (tertiary/aromatic N) is 2. The van der Waals surface area contributed by atoms with Gasteiger partial charge in [-0.05, 0) is 30.7 Å². The van der Waals surface area contributed by atoms with Gasteiger partial charge in [0.2, 0.25) is 0 Å². The van der Waals surface area contributed by atoms with Gasteiger partial charge >= 0.3 is 0 Å². The lowest BCUT2D eigenvalue weighted by molar-refractivity contribution is 0.311. The zero-order valence-corrected chi connectivity index (χ0v) is 10.2. The Kier molecular flexibility index (Phi) is 4.64. The van der Waals surface area contributed by atoms with Crippen molar-refractivity contribution < 1.29 is 9.47 Å². The van der Waals surface area contributed by atoms with Crippen molar-refractivity contribution in [3.8, 4) is 11.5 Å². The largest absolute Gasteiger partial charge is 0.493 e. The average Bonchev–Trinajstić information content (AvgIpc) is 2.28. The van der Waals surface area contributed by atoms with Crippen molar-refractivity contribution >= 4 is 6.21 Å². The topological polar surface area (TPSA) is 34.1 Å². The molecule has 1 rings (SSSR count). The molecule has 0 aliphatic heterocycles. The first kappa shape index (κ1) is 12.4. The molecule has 0 aromatic heterocycles. The molecule has 0 spiro atoms. The molecule has 0 aliphatic carbocycles. The molecule has 0 aliphatic rings. The minimum absolute atomic E-state index is 0.626. The van der Waals surface area contributed by atoms with E-state index in [2.05, 4.69) is 5.10 Å². The molecule has 0 atom stereocenters. The SMILES string of the molecule is CCOc1ccc(C=NN(C)C)cc1OC. The molecule has 4 nitrogen and oxygen atoms in total. The summed E-state index contributed by atoms with van der Waals surface area (Å²) in [6.45, 7) is 2.57. The van der Waals surface area contributed by atoms with E-state index in [0.29, 0.717) is 6.61 Å². The van der Waals surface area contributed by atoms with Crippen LogP contribution in [0.2, 0.25) is 0 Å². The Bertz CT molecular complexity index is 362. The van der Waals surface area contributed by atoms with E-state index >= 15 is 0 Å². The van der Waals surface area contributed by atoms with Gasteiger partial charge in [-0.1, -0.05) is 0 Å². The van der Waals surface area contributed by atoms with Gasteiger partial charge in [-0.3, -0.25) is 0 Å². The van der Waals surface area contributed by atoms with Crippen LogP contribution in [0.25, 0.3) is 0 Å². The Morgan fingerprint density at radius 1 is 1.31 bits per heavy atom. The smallest absolute Gasteiger partial charge is 0.161 e. The summed E-state index contributed by atoms with van der Waals surface area (Å²) in [5.74, 6) is 1.48. The summed E-state index contributed by atoms with van der Waals surface area (Å²) in [6, 6.07) is 5.73. The molecule has 0 amide bonds. The number of rotatable bonds is 5. The number of ether oxygens (including phenoxy) is 2. The van der Waals surface area contributed by atoms with Crippen molar-refractivity contribution in [1.82, 2.24) is 5.01 Å². The second-order valence-electron chi connectivity index (χ2n) is 3.44. The summed E-state index contributed by atoms with van der Waals surface area (Å²) in [6.07, 6.45) is 1.78. The highest BCUT2D eigenvalue weighted by Crippen LogP contribution is 2.27. The van der Waals surface area contributed by atoms with Crippen molar-refractivity contribution in [2.24, 2.45) is 5.10 Å². The maximum atomic E-state index is 5.43. The molecular weight excluding hydrogens is 204 g/mol. The second-order valence-corrected chi connectivity index (χ2v) is 3.44. The summed E-state index contributed by atoms with van der Waals surface area (Å²) in [4.78, 5) is 0. The quantitative estimate of drug-likeness (QED) is 0.564. The van der Waals surface area contributed by atoms with Gasteiger partial charge in [0.05, 0.1) is 19.9 Å². The predicted octanol–water partition coefficient (Wildman–Crippen LogP) is 1.99. The standard InChI is InChI=1S/C12H18N2O2/c1-5-16-11-7-6-10(8-12(11)15-4)9-13-14(2)3/h6-9H,5H2,1-4H3. The Labute approximate surface area is 96.5 Å². The third-order valence-corrected chi connectivity index (χ3v) is 1.93. The fraction of sp³-hybridized carbons (Fsp3) is 0.417. The van der Waals surface area contributed by atoms with Crippen molar-refractivity contribution in [2.45, 2.75) is 6.92 Å². The molecule has 0 unspecified atom stereocenters. The molecule has 4 heteroatoms. The van der Waals surface area contributed by atoms with Crippen LogP contribution in [0.15, 0.2) is 23.3 Å². The van der Waals surface area contributed by atoms with Gasteiger partial charge in [0.25, 0.3) is 0 Å². The molecule has 0 N–H and O–H groups in total. The van der Waals surface area contributed by atoms with E-state index in [1.54, 1.807) is 18.3 Å². The van der Waals surface area contributed by atoms with Crippen LogP contribution < -0.4 is 9.47 Å². The third-order valence-electron chi connectivity index (χ3n) is 1.93. The third kappa shape index (κ3) is 3.46. The highest BCUT2D eigenvalue weighted by Gasteiger charge is 2.03. The van der Waals surface area contributed by atoms with E-state index in [9.17, 15) is 0 Å². The Morgan fingerprint density at radius 2 is 2.06 bits per heavy atom. The van der Waals surface area contributed by atoms with Crippen LogP contribution in [0.5, 0.6) is 11.5 Å². The number of benzene rings is 1.